The van der Waals surface area contributed by atoms with Gasteiger partial charge in [0.2, 0.25) is 0 Å². The van der Waals surface area contributed by atoms with Crippen molar-refractivity contribution in [3.05, 3.63) is 271 Å². The molecular weight excluding hydrogens is 819 g/mol. The van der Waals surface area contributed by atoms with Crippen molar-refractivity contribution in [1.82, 2.24) is 0 Å². The van der Waals surface area contributed by atoms with Gasteiger partial charge in [-0.25, -0.2) is 0 Å². The molecule has 1 aliphatic heterocycles. The molecule has 2 aliphatic rings. The Kier molecular flexibility index (Phi) is 9.04. The Hall–Kier alpha value is -8.11. The molecule has 11 aromatic rings. The summed E-state index contributed by atoms with van der Waals surface area (Å²) in [4.78, 5) is 4.84. The van der Waals surface area contributed by atoms with Crippen LogP contribution < -0.4 is 4.90 Å². The monoisotopic (exact) mass is 859 g/mol. The molecule has 0 fully saturated rings. The van der Waals surface area contributed by atoms with Gasteiger partial charge in [-0.15, -0.1) is 0 Å². The van der Waals surface area contributed by atoms with Crippen molar-refractivity contribution in [2.45, 2.75) is 15.2 Å². The molecule has 1 spiro atoms. The number of fused-ring (bicyclic) bond motifs is 11. The van der Waals surface area contributed by atoms with E-state index in [-0.39, 0.29) is 0 Å². The summed E-state index contributed by atoms with van der Waals surface area (Å²) in [6.07, 6.45) is 0. The highest BCUT2D eigenvalue weighted by Crippen LogP contribution is 2.64. The molecule has 310 valence electrons. The first kappa shape index (κ1) is 38.4. The SMILES string of the molecule is c1ccc(-c2cc(-c3ccccc3)cc(N(c3ccc(-c4ccccc4)c(-c4ccccc4)c3)c3ccc4oc5c(c4c3)Sc3ccccc3C53c4ccccc4-c4ccccc43)c2)cc1. The average Bonchev–Trinajstić information content (AvgIpc) is 3.91. The number of nitrogens with zero attached hydrogens (tertiary/aromatic N) is 1. The highest BCUT2D eigenvalue weighted by Gasteiger charge is 2.53. The third kappa shape index (κ3) is 6.05. The fourth-order valence-corrected chi connectivity index (χ4v) is 11.9. The van der Waals surface area contributed by atoms with E-state index in [9.17, 15) is 0 Å². The largest absolute Gasteiger partial charge is 0.458 e. The van der Waals surface area contributed by atoms with Crippen LogP contribution >= 0.6 is 11.8 Å². The highest BCUT2D eigenvalue weighted by molar-refractivity contribution is 7.99. The third-order valence-electron chi connectivity index (χ3n) is 13.5. The number of furan rings is 1. The summed E-state index contributed by atoms with van der Waals surface area (Å²) in [5, 5.41) is 1.10. The lowest BCUT2D eigenvalue weighted by atomic mass is 9.70. The predicted molar refractivity (Wildman–Crippen MR) is 274 cm³/mol. The molecule has 0 saturated heterocycles. The normalized spacial score (nSPS) is 12.9. The molecule has 0 amide bonds. The standard InChI is InChI=1S/C63H41NOS/c1-5-19-42(20-6-1)46-37-47(43-21-7-2-8-22-43)39-50(38-46)64(48-33-35-51(44-23-9-3-10-24-44)54(40-48)45-25-11-4-12-26-45)49-34-36-59-55(41-49)61-62(65-59)63(58-31-17-18-32-60(58)66-61)56-29-15-13-27-52(56)53-28-14-16-30-57(53)63/h1-41H. The predicted octanol–water partition coefficient (Wildman–Crippen LogP) is 17.4. The molecule has 0 atom stereocenters. The Morgan fingerprint density at radius 2 is 0.818 bits per heavy atom. The molecule has 1 aliphatic carbocycles. The summed E-state index contributed by atoms with van der Waals surface area (Å²) < 4.78 is 7.30. The van der Waals surface area contributed by atoms with E-state index in [0.717, 1.165) is 66.5 Å². The fraction of sp³-hybridized carbons (Fsp3) is 0.0159. The fourth-order valence-electron chi connectivity index (χ4n) is 10.6. The molecular formula is C63H41NOS. The second kappa shape index (κ2) is 15.6. The lowest BCUT2D eigenvalue weighted by molar-refractivity contribution is 0.478. The minimum absolute atomic E-state index is 0.601. The number of benzene rings is 10. The molecule has 3 heteroatoms. The molecule has 66 heavy (non-hydrogen) atoms. The van der Waals surface area contributed by atoms with Crippen LogP contribution in [0.1, 0.15) is 22.5 Å². The van der Waals surface area contributed by atoms with Gasteiger partial charge in [-0.3, -0.25) is 0 Å². The molecule has 10 aromatic carbocycles. The van der Waals surface area contributed by atoms with Gasteiger partial charge >= 0.3 is 0 Å². The molecule has 1 aromatic heterocycles. The Labute approximate surface area is 389 Å². The number of anilines is 3. The van der Waals surface area contributed by atoms with Gasteiger partial charge in [0.05, 0.1) is 4.90 Å². The molecule has 0 unspecified atom stereocenters. The summed E-state index contributed by atoms with van der Waals surface area (Å²) in [5.41, 5.74) is 19.1. The molecule has 0 N–H and O–H groups in total. The van der Waals surface area contributed by atoms with Gasteiger partial charge in [-0.1, -0.05) is 206 Å². The van der Waals surface area contributed by atoms with E-state index < -0.39 is 5.41 Å². The second-order valence-corrected chi connectivity index (χ2v) is 18.2. The number of hydrogen-bond acceptors (Lipinski definition) is 3. The zero-order chi connectivity index (χ0) is 43.6. The van der Waals surface area contributed by atoms with Crippen molar-refractivity contribution >= 4 is 39.8 Å². The molecule has 0 bridgehead atoms. The lowest BCUT2D eigenvalue weighted by Crippen LogP contribution is -2.31. The van der Waals surface area contributed by atoms with Gasteiger partial charge in [0, 0.05) is 27.3 Å². The van der Waals surface area contributed by atoms with E-state index in [1.807, 2.05) is 11.8 Å². The van der Waals surface area contributed by atoms with E-state index in [1.165, 1.54) is 49.4 Å². The van der Waals surface area contributed by atoms with E-state index in [4.69, 9.17) is 4.42 Å². The van der Waals surface area contributed by atoms with E-state index in [1.54, 1.807) is 0 Å². The Bertz CT molecular complexity index is 3510. The Morgan fingerprint density at radius 1 is 0.333 bits per heavy atom. The van der Waals surface area contributed by atoms with Crippen LogP contribution in [0, 0.1) is 0 Å². The van der Waals surface area contributed by atoms with Crippen LogP contribution in [0.3, 0.4) is 0 Å². The van der Waals surface area contributed by atoms with Gasteiger partial charge in [0.1, 0.15) is 16.8 Å². The van der Waals surface area contributed by atoms with Gasteiger partial charge in [-0.05, 0) is 127 Å². The highest BCUT2D eigenvalue weighted by atomic mass is 32.2. The molecule has 2 heterocycles. The zero-order valence-corrected chi connectivity index (χ0v) is 36.8. The minimum Gasteiger partial charge on any atom is -0.458 e. The van der Waals surface area contributed by atoms with E-state index in [2.05, 4.69) is 254 Å². The maximum absolute atomic E-state index is 7.30. The van der Waals surface area contributed by atoms with Crippen molar-refractivity contribution in [2.24, 2.45) is 0 Å². The quantitative estimate of drug-likeness (QED) is 0.159. The topological polar surface area (TPSA) is 16.4 Å². The van der Waals surface area contributed by atoms with Crippen LogP contribution in [-0.2, 0) is 5.41 Å². The van der Waals surface area contributed by atoms with Crippen LogP contribution in [0.15, 0.2) is 263 Å². The van der Waals surface area contributed by atoms with Crippen molar-refractivity contribution < 1.29 is 4.42 Å². The summed E-state index contributed by atoms with van der Waals surface area (Å²) in [6.45, 7) is 0. The van der Waals surface area contributed by atoms with E-state index >= 15 is 0 Å². The Balaban J connectivity index is 1.08. The number of hydrogen-bond donors (Lipinski definition) is 0. The van der Waals surface area contributed by atoms with Gasteiger partial charge in [0.25, 0.3) is 0 Å². The van der Waals surface area contributed by atoms with Crippen LogP contribution in [0.5, 0.6) is 0 Å². The molecule has 0 radical (unpaired) electrons. The molecule has 2 nitrogen and oxygen atoms in total. The van der Waals surface area contributed by atoms with Crippen LogP contribution in [-0.4, -0.2) is 0 Å². The summed E-state index contributed by atoms with van der Waals surface area (Å²) >= 11 is 1.83. The number of rotatable bonds is 7. The van der Waals surface area contributed by atoms with Crippen LogP contribution in [0.2, 0.25) is 0 Å². The maximum atomic E-state index is 7.30. The second-order valence-electron chi connectivity index (χ2n) is 17.2. The van der Waals surface area contributed by atoms with Crippen LogP contribution in [0.25, 0.3) is 66.6 Å². The van der Waals surface area contributed by atoms with Crippen LogP contribution in [0.4, 0.5) is 17.1 Å². The third-order valence-corrected chi connectivity index (χ3v) is 14.7. The van der Waals surface area contributed by atoms with Crippen molar-refractivity contribution in [3.8, 4) is 55.6 Å². The lowest BCUT2D eigenvalue weighted by Gasteiger charge is -2.36. The molecule has 13 rings (SSSR count). The average molecular weight is 860 g/mol. The maximum Gasteiger partial charge on any atom is 0.138 e. The van der Waals surface area contributed by atoms with Crippen molar-refractivity contribution in [2.75, 3.05) is 4.90 Å². The summed E-state index contributed by atoms with van der Waals surface area (Å²) in [7, 11) is 0. The minimum atomic E-state index is -0.601. The van der Waals surface area contributed by atoms with Crippen molar-refractivity contribution in [1.29, 1.82) is 0 Å². The summed E-state index contributed by atoms with van der Waals surface area (Å²) in [6, 6.07) is 90.5. The zero-order valence-electron chi connectivity index (χ0n) is 35.9. The van der Waals surface area contributed by atoms with E-state index in [0.29, 0.717) is 0 Å². The van der Waals surface area contributed by atoms with Gasteiger partial charge in [-0.2, -0.15) is 0 Å². The molecule has 0 saturated carbocycles. The Morgan fingerprint density at radius 3 is 1.42 bits per heavy atom. The van der Waals surface area contributed by atoms with Gasteiger partial charge < -0.3 is 9.32 Å². The summed E-state index contributed by atoms with van der Waals surface area (Å²) in [5.74, 6) is 0.985. The van der Waals surface area contributed by atoms with Crippen molar-refractivity contribution in [3.63, 3.8) is 0 Å². The first-order valence-corrected chi connectivity index (χ1v) is 23.4. The first-order chi connectivity index (χ1) is 32.7. The first-order valence-electron chi connectivity index (χ1n) is 22.6. The van der Waals surface area contributed by atoms with Gasteiger partial charge in [0.15, 0.2) is 0 Å². The smallest absolute Gasteiger partial charge is 0.138 e.